The third-order valence-corrected chi connectivity index (χ3v) is 9.88. The van der Waals surface area contributed by atoms with Crippen molar-refractivity contribution in [3.05, 3.63) is 47.3 Å². The van der Waals surface area contributed by atoms with E-state index in [0.717, 1.165) is 12.8 Å². The number of anilines is 1. The summed E-state index contributed by atoms with van der Waals surface area (Å²) in [7, 11) is -3.54. The number of aromatic nitrogens is 2. The van der Waals surface area contributed by atoms with E-state index in [4.69, 9.17) is 4.42 Å². The molecule has 164 valence electrons. The zero-order chi connectivity index (χ0) is 21.6. The fraction of sp³-hybridized carbons (Fsp3) is 0.455. The Bertz CT molecular complexity index is 1190. The molecule has 2 aliphatic rings. The molecule has 0 bridgehead atoms. The molecular weight excluding hydrogens is 432 g/mol. The fourth-order valence-electron chi connectivity index (χ4n) is 4.10. The molecule has 1 aliphatic heterocycles. The van der Waals surface area contributed by atoms with E-state index in [1.165, 1.54) is 34.6 Å². The number of benzene rings is 1. The molecule has 1 saturated heterocycles. The largest absolute Gasteiger partial charge is 0.420 e. The van der Waals surface area contributed by atoms with Gasteiger partial charge >= 0.3 is 0 Å². The molecule has 3 heterocycles. The third kappa shape index (κ3) is 3.79. The number of nitrogens with zero attached hydrogens (tertiary/aromatic N) is 4. The number of sulfonamides is 1. The highest BCUT2D eigenvalue weighted by atomic mass is 32.2. The Hall–Kier alpha value is -2.23. The maximum Gasteiger partial charge on any atom is 0.257 e. The van der Waals surface area contributed by atoms with E-state index < -0.39 is 10.0 Å². The maximum absolute atomic E-state index is 13.2. The summed E-state index contributed by atoms with van der Waals surface area (Å²) in [5.74, 6) is 1.44. The summed E-state index contributed by atoms with van der Waals surface area (Å²) in [6, 6.07) is 9.69. The smallest absolute Gasteiger partial charge is 0.257 e. The maximum atomic E-state index is 13.2. The van der Waals surface area contributed by atoms with Crippen LogP contribution in [0.2, 0.25) is 0 Å². The molecule has 9 heteroatoms. The van der Waals surface area contributed by atoms with Gasteiger partial charge in [-0.15, -0.1) is 21.5 Å². The quantitative estimate of drug-likeness (QED) is 0.570. The molecule has 0 unspecified atom stereocenters. The van der Waals surface area contributed by atoms with Gasteiger partial charge in [0, 0.05) is 37.8 Å². The summed E-state index contributed by atoms with van der Waals surface area (Å²) < 4.78 is 34.1. The van der Waals surface area contributed by atoms with Crippen molar-refractivity contribution in [3.63, 3.8) is 0 Å². The molecule has 1 saturated carbocycles. The van der Waals surface area contributed by atoms with Gasteiger partial charge in [0.25, 0.3) is 15.9 Å². The van der Waals surface area contributed by atoms with Gasteiger partial charge in [0.15, 0.2) is 0 Å². The van der Waals surface area contributed by atoms with E-state index in [1.807, 2.05) is 0 Å². The van der Waals surface area contributed by atoms with Crippen LogP contribution in [0.25, 0.3) is 10.8 Å². The summed E-state index contributed by atoms with van der Waals surface area (Å²) in [6.07, 6.45) is 3.36. The third-order valence-electron chi connectivity index (χ3n) is 6.44. The minimum absolute atomic E-state index is 0.325. The molecule has 0 atom stereocenters. The van der Waals surface area contributed by atoms with Crippen molar-refractivity contribution in [2.24, 2.45) is 0 Å². The van der Waals surface area contributed by atoms with Crippen LogP contribution in [-0.4, -0.2) is 49.1 Å². The molecule has 0 radical (unpaired) electrons. The lowest BCUT2D eigenvalue weighted by Gasteiger charge is -2.36. The Balaban J connectivity index is 1.29. The monoisotopic (exact) mass is 458 g/mol. The zero-order valence-electron chi connectivity index (χ0n) is 17.7. The number of hydrogen-bond acceptors (Lipinski definition) is 7. The van der Waals surface area contributed by atoms with Crippen LogP contribution in [0.4, 0.5) is 5.69 Å². The first kappa shape index (κ1) is 20.7. The average molecular weight is 459 g/mol. The highest BCUT2D eigenvalue weighted by Crippen LogP contribution is 2.38. The van der Waals surface area contributed by atoms with Crippen LogP contribution in [0.15, 0.2) is 39.0 Å². The second-order valence-corrected chi connectivity index (χ2v) is 11.6. The van der Waals surface area contributed by atoms with Crippen molar-refractivity contribution in [3.8, 4) is 10.8 Å². The highest BCUT2D eigenvalue weighted by Gasteiger charge is 2.31. The van der Waals surface area contributed by atoms with Gasteiger partial charge in [0.1, 0.15) is 4.21 Å². The van der Waals surface area contributed by atoms with Crippen LogP contribution in [-0.2, 0) is 10.0 Å². The Kier molecular flexibility index (Phi) is 5.35. The Morgan fingerprint density at radius 2 is 1.81 bits per heavy atom. The Morgan fingerprint density at radius 1 is 1.03 bits per heavy atom. The number of rotatable bonds is 5. The molecule has 5 rings (SSSR count). The Morgan fingerprint density at radius 3 is 2.52 bits per heavy atom. The SMILES string of the molecule is Cc1cccc(N2CCN(S(=O)(=O)c3ccc(-c4nnc(C5CCC5)o4)s3)CC2)c1C. The van der Waals surface area contributed by atoms with Crippen molar-refractivity contribution in [2.45, 2.75) is 43.2 Å². The summed E-state index contributed by atoms with van der Waals surface area (Å²) in [6.45, 7) is 6.51. The van der Waals surface area contributed by atoms with Crippen molar-refractivity contribution < 1.29 is 12.8 Å². The van der Waals surface area contributed by atoms with Gasteiger partial charge in [0.2, 0.25) is 5.89 Å². The molecule has 2 fully saturated rings. The van der Waals surface area contributed by atoms with E-state index in [1.54, 1.807) is 16.4 Å². The normalized spacial score (nSPS) is 18.3. The second-order valence-electron chi connectivity index (χ2n) is 8.30. The number of aryl methyl sites for hydroxylation is 1. The second kappa shape index (κ2) is 8.03. The first-order chi connectivity index (χ1) is 14.9. The predicted octanol–water partition coefficient (Wildman–Crippen LogP) is 4.19. The topological polar surface area (TPSA) is 79.5 Å². The lowest BCUT2D eigenvalue weighted by molar-refractivity contribution is 0.338. The van der Waals surface area contributed by atoms with Gasteiger partial charge in [-0.25, -0.2) is 8.42 Å². The first-order valence-electron chi connectivity index (χ1n) is 10.7. The molecule has 2 aromatic heterocycles. The van der Waals surface area contributed by atoms with Gasteiger partial charge in [-0.3, -0.25) is 0 Å². The number of thiophene rings is 1. The van der Waals surface area contributed by atoms with Gasteiger partial charge in [-0.2, -0.15) is 4.31 Å². The molecule has 3 aromatic rings. The predicted molar refractivity (Wildman–Crippen MR) is 121 cm³/mol. The van der Waals surface area contributed by atoms with Gasteiger partial charge in [0.05, 0.1) is 4.88 Å². The molecular formula is C22H26N4O3S2. The summed E-state index contributed by atoms with van der Waals surface area (Å²) in [5, 5.41) is 8.29. The van der Waals surface area contributed by atoms with E-state index in [0.29, 0.717) is 53.0 Å². The highest BCUT2D eigenvalue weighted by molar-refractivity contribution is 7.91. The molecule has 1 aromatic carbocycles. The van der Waals surface area contributed by atoms with Crippen molar-refractivity contribution in [1.82, 2.24) is 14.5 Å². The molecule has 0 amide bonds. The minimum Gasteiger partial charge on any atom is -0.420 e. The Labute approximate surface area is 186 Å². The lowest BCUT2D eigenvalue weighted by Crippen LogP contribution is -2.48. The van der Waals surface area contributed by atoms with E-state index in [2.05, 4.69) is 47.1 Å². The summed E-state index contributed by atoms with van der Waals surface area (Å²) in [4.78, 5) is 2.97. The lowest BCUT2D eigenvalue weighted by atomic mass is 9.85. The average Bonchev–Trinajstić information content (AvgIpc) is 3.39. The molecule has 0 spiro atoms. The van der Waals surface area contributed by atoms with Gasteiger partial charge < -0.3 is 9.32 Å². The molecule has 1 aliphatic carbocycles. The van der Waals surface area contributed by atoms with Crippen LogP contribution >= 0.6 is 11.3 Å². The van der Waals surface area contributed by atoms with Crippen LogP contribution in [0.3, 0.4) is 0 Å². The first-order valence-corrected chi connectivity index (χ1v) is 12.9. The number of hydrogen-bond donors (Lipinski definition) is 0. The fourth-order valence-corrected chi connectivity index (χ4v) is 6.91. The van der Waals surface area contributed by atoms with Crippen LogP contribution in [0.5, 0.6) is 0 Å². The molecule has 31 heavy (non-hydrogen) atoms. The van der Waals surface area contributed by atoms with Crippen LogP contribution < -0.4 is 4.90 Å². The van der Waals surface area contributed by atoms with Crippen molar-refractivity contribution in [1.29, 1.82) is 0 Å². The van der Waals surface area contributed by atoms with E-state index >= 15 is 0 Å². The molecule has 0 N–H and O–H groups in total. The van der Waals surface area contributed by atoms with E-state index in [-0.39, 0.29) is 0 Å². The van der Waals surface area contributed by atoms with Gasteiger partial charge in [-0.05, 0) is 56.0 Å². The van der Waals surface area contributed by atoms with Crippen molar-refractivity contribution >= 4 is 27.0 Å². The summed E-state index contributed by atoms with van der Waals surface area (Å²) >= 11 is 1.20. The number of piperazine rings is 1. The van der Waals surface area contributed by atoms with E-state index in [9.17, 15) is 8.42 Å². The van der Waals surface area contributed by atoms with Crippen molar-refractivity contribution in [2.75, 3.05) is 31.1 Å². The molecule has 7 nitrogen and oxygen atoms in total. The minimum atomic E-state index is -3.54. The summed E-state index contributed by atoms with van der Waals surface area (Å²) in [5.41, 5.74) is 3.69. The van der Waals surface area contributed by atoms with Gasteiger partial charge in [-0.1, -0.05) is 18.6 Å². The van der Waals surface area contributed by atoms with Crippen LogP contribution in [0.1, 0.15) is 42.2 Å². The standard InChI is InChI=1S/C22H26N4O3S2/c1-15-5-3-8-18(16(15)2)25-11-13-26(14-12-25)31(27,28)20-10-9-19(30-20)22-24-23-21(29-22)17-6-4-7-17/h3,5,8-10,17H,4,6-7,11-14H2,1-2H3. The zero-order valence-corrected chi connectivity index (χ0v) is 19.4. The van der Waals surface area contributed by atoms with Crippen LogP contribution in [0, 0.1) is 13.8 Å².